The molecule has 0 saturated carbocycles. The number of carbonyl (C=O) groups excluding carboxylic acids is 1. The molecule has 0 bridgehead atoms. The Labute approximate surface area is 167 Å². The van der Waals surface area contributed by atoms with Gasteiger partial charge < -0.3 is 25.0 Å². The van der Waals surface area contributed by atoms with Gasteiger partial charge in [0.15, 0.2) is 0 Å². The van der Waals surface area contributed by atoms with Crippen molar-refractivity contribution in [1.29, 1.82) is 0 Å². The summed E-state index contributed by atoms with van der Waals surface area (Å²) in [6, 6.07) is 6.01. The fourth-order valence-corrected chi connectivity index (χ4v) is 4.56. The summed E-state index contributed by atoms with van der Waals surface area (Å²) in [5.74, 6) is 1.79. The zero-order chi connectivity index (χ0) is 19.4. The van der Waals surface area contributed by atoms with E-state index in [1.54, 1.807) is 7.11 Å². The molecular formula is C21H32N4O3. The quantitative estimate of drug-likeness (QED) is 0.665. The Morgan fingerprint density at radius 3 is 2.68 bits per heavy atom. The van der Waals surface area contributed by atoms with Gasteiger partial charge in [0.2, 0.25) is 0 Å². The molecule has 7 heteroatoms. The fourth-order valence-electron chi connectivity index (χ4n) is 4.56. The molecule has 3 saturated heterocycles. The number of carbonyl (C=O) groups is 1. The summed E-state index contributed by atoms with van der Waals surface area (Å²) >= 11 is 0. The van der Waals surface area contributed by atoms with Crippen molar-refractivity contribution in [2.24, 2.45) is 0 Å². The maximum absolute atomic E-state index is 11.4. The molecule has 0 aliphatic carbocycles. The van der Waals surface area contributed by atoms with Crippen molar-refractivity contribution >= 4 is 6.03 Å². The molecule has 4 rings (SSSR count). The number of hydrogen-bond acceptors (Lipinski definition) is 5. The van der Waals surface area contributed by atoms with Gasteiger partial charge in [0.25, 0.3) is 0 Å². The van der Waals surface area contributed by atoms with E-state index in [0.29, 0.717) is 6.54 Å². The summed E-state index contributed by atoms with van der Waals surface area (Å²) in [5.41, 5.74) is 1.04. The Bertz CT molecular complexity index is 684. The Hall–Kier alpha value is -1.99. The van der Waals surface area contributed by atoms with Crippen LogP contribution in [0.2, 0.25) is 0 Å². The molecule has 3 heterocycles. The minimum Gasteiger partial charge on any atom is -0.496 e. The number of rotatable bonds is 8. The van der Waals surface area contributed by atoms with Gasteiger partial charge in [-0.3, -0.25) is 4.90 Å². The van der Waals surface area contributed by atoms with Crippen molar-refractivity contribution in [3.63, 3.8) is 0 Å². The standard InChI is InChI=1S/C21H32N4O3/c1-27-19-7-6-18(28-11-5-10-24-8-3-2-4-9-24)12-17(19)13-25-15-21(16-25)14-22-20(26)23-21/h6-7,12H,2-5,8-11,13-16H2,1H3,(H2,22,23,26). The molecule has 7 nitrogen and oxygen atoms in total. The second kappa shape index (κ2) is 8.57. The van der Waals surface area contributed by atoms with Crippen LogP contribution in [0, 0.1) is 0 Å². The van der Waals surface area contributed by atoms with Crippen LogP contribution in [-0.2, 0) is 6.54 Å². The number of ether oxygens (including phenoxy) is 2. The van der Waals surface area contributed by atoms with Crippen LogP contribution in [-0.4, -0.2) is 74.4 Å². The topological polar surface area (TPSA) is 66.1 Å². The minimum absolute atomic E-state index is 0.0582. The third-order valence-electron chi connectivity index (χ3n) is 6.00. The van der Waals surface area contributed by atoms with Gasteiger partial charge in [-0.2, -0.15) is 0 Å². The smallest absolute Gasteiger partial charge is 0.315 e. The summed E-state index contributed by atoms with van der Waals surface area (Å²) in [6.07, 6.45) is 5.10. The number of urea groups is 1. The van der Waals surface area contributed by atoms with Crippen LogP contribution in [0.4, 0.5) is 4.79 Å². The van der Waals surface area contributed by atoms with Gasteiger partial charge in [0, 0.05) is 38.3 Å². The van der Waals surface area contributed by atoms with Crippen molar-refractivity contribution in [2.45, 2.75) is 37.8 Å². The zero-order valence-corrected chi connectivity index (χ0v) is 16.8. The lowest BCUT2D eigenvalue weighted by Gasteiger charge is -2.47. The largest absolute Gasteiger partial charge is 0.496 e. The van der Waals surface area contributed by atoms with E-state index in [1.165, 1.54) is 32.4 Å². The van der Waals surface area contributed by atoms with Crippen molar-refractivity contribution in [1.82, 2.24) is 20.4 Å². The highest BCUT2D eigenvalue weighted by molar-refractivity contribution is 5.78. The number of nitrogens with zero attached hydrogens (tertiary/aromatic N) is 2. The molecule has 1 spiro atoms. The second-order valence-corrected chi connectivity index (χ2v) is 8.31. The Balaban J connectivity index is 1.26. The number of amides is 2. The summed E-state index contributed by atoms with van der Waals surface area (Å²) in [6.45, 7) is 7.56. The summed E-state index contributed by atoms with van der Waals surface area (Å²) < 4.78 is 11.5. The van der Waals surface area contributed by atoms with E-state index >= 15 is 0 Å². The first-order valence-corrected chi connectivity index (χ1v) is 10.5. The Morgan fingerprint density at radius 1 is 1.14 bits per heavy atom. The first-order chi connectivity index (χ1) is 13.7. The number of hydrogen-bond donors (Lipinski definition) is 2. The molecule has 3 aliphatic rings. The zero-order valence-electron chi connectivity index (χ0n) is 16.8. The van der Waals surface area contributed by atoms with Gasteiger partial charge in [0.1, 0.15) is 11.5 Å². The van der Waals surface area contributed by atoms with Crippen LogP contribution in [0.15, 0.2) is 18.2 Å². The number of nitrogens with one attached hydrogen (secondary N) is 2. The van der Waals surface area contributed by atoms with E-state index in [-0.39, 0.29) is 11.6 Å². The van der Waals surface area contributed by atoms with E-state index in [9.17, 15) is 4.79 Å². The van der Waals surface area contributed by atoms with Crippen molar-refractivity contribution in [3.05, 3.63) is 23.8 Å². The van der Waals surface area contributed by atoms with Gasteiger partial charge in [-0.15, -0.1) is 0 Å². The van der Waals surface area contributed by atoms with E-state index in [2.05, 4.69) is 26.5 Å². The molecule has 3 aliphatic heterocycles. The Kier molecular flexibility index (Phi) is 5.92. The third kappa shape index (κ3) is 4.52. The van der Waals surface area contributed by atoms with Gasteiger partial charge >= 0.3 is 6.03 Å². The lowest BCUT2D eigenvalue weighted by molar-refractivity contribution is 0.0588. The van der Waals surface area contributed by atoms with E-state index < -0.39 is 0 Å². The molecule has 0 radical (unpaired) electrons. The van der Waals surface area contributed by atoms with Gasteiger partial charge in [-0.05, 0) is 50.6 Å². The fraction of sp³-hybridized carbons (Fsp3) is 0.667. The highest BCUT2D eigenvalue weighted by Gasteiger charge is 2.47. The second-order valence-electron chi connectivity index (χ2n) is 8.31. The highest BCUT2D eigenvalue weighted by Crippen LogP contribution is 2.30. The number of benzene rings is 1. The molecule has 28 heavy (non-hydrogen) atoms. The predicted molar refractivity (Wildman–Crippen MR) is 108 cm³/mol. The highest BCUT2D eigenvalue weighted by atomic mass is 16.5. The lowest BCUT2D eigenvalue weighted by atomic mass is 9.90. The average molecular weight is 389 g/mol. The van der Waals surface area contributed by atoms with Crippen LogP contribution >= 0.6 is 0 Å². The van der Waals surface area contributed by atoms with E-state index in [1.807, 2.05) is 12.1 Å². The third-order valence-corrected chi connectivity index (χ3v) is 6.00. The molecule has 0 atom stereocenters. The van der Waals surface area contributed by atoms with Crippen LogP contribution in [0.25, 0.3) is 0 Å². The van der Waals surface area contributed by atoms with Crippen LogP contribution in [0.5, 0.6) is 11.5 Å². The summed E-state index contributed by atoms with van der Waals surface area (Å²) in [7, 11) is 1.71. The number of piperidine rings is 1. The number of methoxy groups -OCH3 is 1. The Morgan fingerprint density at radius 2 is 1.96 bits per heavy atom. The average Bonchev–Trinajstić information content (AvgIpc) is 3.08. The molecule has 154 valence electrons. The SMILES string of the molecule is COc1ccc(OCCCN2CCCCC2)cc1CN1CC2(CNC(=O)N2)C1. The van der Waals surface area contributed by atoms with Gasteiger partial charge in [-0.25, -0.2) is 4.79 Å². The number of likely N-dealkylation sites (tertiary alicyclic amines) is 2. The molecule has 0 unspecified atom stereocenters. The minimum atomic E-state index is -0.0904. The molecule has 1 aromatic carbocycles. The van der Waals surface area contributed by atoms with Gasteiger partial charge in [-0.1, -0.05) is 6.42 Å². The maximum Gasteiger partial charge on any atom is 0.315 e. The van der Waals surface area contributed by atoms with Crippen molar-refractivity contribution in [2.75, 3.05) is 53.0 Å². The maximum atomic E-state index is 11.4. The van der Waals surface area contributed by atoms with Crippen molar-refractivity contribution in [3.8, 4) is 11.5 Å². The normalized spacial score (nSPS) is 21.8. The van der Waals surface area contributed by atoms with Crippen molar-refractivity contribution < 1.29 is 14.3 Å². The first-order valence-electron chi connectivity index (χ1n) is 10.5. The summed E-state index contributed by atoms with van der Waals surface area (Å²) in [5, 5.41) is 5.89. The van der Waals surface area contributed by atoms with Gasteiger partial charge in [0.05, 0.1) is 19.3 Å². The lowest BCUT2D eigenvalue weighted by Crippen LogP contribution is -2.68. The molecular weight excluding hydrogens is 356 g/mol. The molecule has 3 fully saturated rings. The van der Waals surface area contributed by atoms with Crippen LogP contribution < -0.4 is 20.1 Å². The monoisotopic (exact) mass is 388 g/mol. The van der Waals surface area contributed by atoms with Crippen LogP contribution in [0.1, 0.15) is 31.2 Å². The first kappa shape index (κ1) is 19.3. The van der Waals surface area contributed by atoms with E-state index in [4.69, 9.17) is 9.47 Å². The molecule has 2 N–H and O–H groups in total. The molecule has 0 aromatic heterocycles. The van der Waals surface area contributed by atoms with E-state index in [0.717, 1.165) is 56.3 Å². The predicted octanol–water partition coefficient (Wildman–Crippen LogP) is 1.82. The van der Waals surface area contributed by atoms with Crippen LogP contribution in [0.3, 0.4) is 0 Å². The molecule has 1 aromatic rings. The molecule has 2 amide bonds. The summed E-state index contributed by atoms with van der Waals surface area (Å²) in [4.78, 5) is 16.3.